The number of halogens is 1. The van der Waals surface area contributed by atoms with E-state index in [4.69, 9.17) is 12.2 Å². The number of hydrogen-bond acceptors (Lipinski definition) is 2. The minimum Gasteiger partial charge on any atom is -0.339 e. The van der Waals surface area contributed by atoms with Crippen LogP contribution in [0, 0.1) is 5.82 Å². The van der Waals surface area contributed by atoms with Crippen LogP contribution < -0.4 is 10.6 Å². The van der Waals surface area contributed by atoms with Crippen LogP contribution >= 0.6 is 12.2 Å². The third-order valence-electron chi connectivity index (χ3n) is 4.14. The molecule has 0 spiro atoms. The molecule has 1 aliphatic heterocycles. The number of likely N-dealkylation sites (tertiary alicyclic amines) is 1. The third kappa shape index (κ3) is 4.76. The van der Waals surface area contributed by atoms with Crippen molar-refractivity contribution in [3.8, 4) is 0 Å². The normalized spacial score (nSPS) is 14.0. The monoisotopic (exact) mass is 357 g/mol. The van der Waals surface area contributed by atoms with E-state index in [2.05, 4.69) is 10.6 Å². The molecule has 1 fully saturated rings. The first-order chi connectivity index (χ1) is 12.1. The van der Waals surface area contributed by atoms with Gasteiger partial charge in [-0.15, -0.1) is 0 Å². The van der Waals surface area contributed by atoms with Crippen LogP contribution in [0.1, 0.15) is 29.6 Å². The topological polar surface area (TPSA) is 44.4 Å². The average molecular weight is 357 g/mol. The number of amides is 1. The number of carbonyl (C=O) groups is 1. The van der Waals surface area contributed by atoms with Crippen molar-refractivity contribution in [2.24, 2.45) is 0 Å². The molecule has 0 atom stereocenters. The first-order valence-corrected chi connectivity index (χ1v) is 8.75. The van der Waals surface area contributed by atoms with Crippen molar-refractivity contribution in [3.63, 3.8) is 0 Å². The van der Waals surface area contributed by atoms with Crippen molar-refractivity contribution in [2.75, 3.05) is 23.7 Å². The number of nitrogens with one attached hydrogen (secondary N) is 2. The van der Waals surface area contributed by atoms with Crippen LogP contribution in [0.2, 0.25) is 0 Å². The predicted octanol–water partition coefficient (Wildman–Crippen LogP) is 4.26. The number of rotatable bonds is 3. The fraction of sp³-hybridized carbons (Fsp3) is 0.263. The lowest BCUT2D eigenvalue weighted by atomic mass is 10.1. The molecule has 25 heavy (non-hydrogen) atoms. The minimum atomic E-state index is -0.293. The van der Waals surface area contributed by atoms with Gasteiger partial charge < -0.3 is 15.5 Å². The number of hydrogen-bond donors (Lipinski definition) is 2. The number of nitrogens with zero attached hydrogens (tertiary/aromatic N) is 1. The first kappa shape index (κ1) is 17.4. The lowest BCUT2D eigenvalue weighted by Crippen LogP contribution is -2.35. The second-order valence-electron chi connectivity index (χ2n) is 6.02. The van der Waals surface area contributed by atoms with Crippen molar-refractivity contribution in [1.29, 1.82) is 0 Å². The van der Waals surface area contributed by atoms with E-state index in [0.29, 0.717) is 16.4 Å². The Labute approximate surface area is 152 Å². The van der Waals surface area contributed by atoms with Crippen molar-refractivity contribution in [2.45, 2.75) is 19.3 Å². The van der Waals surface area contributed by atoms with Crippen LogP contribution in [0.5, 0.6) is 0 Å². The number of piperidine rings is 1. The van der Waals surface area contributed by atoms with Gasteiger partial charge in [-0.25, -0.2) is 4.39 Å². The largest absolute Gasteiger partial charge is 0.339 e. The Morgan fingerprint density at radius 2 is 1.40 bits per heavy atom. The first-order valence-electron chi connectivity index (χ1n) is 8.35. The summed E-state index contributed by atoms with van der Waals surface area (Å²) in [4.78, 5) is 14.3. The number of carbonyl (C=O) groups excluding carboxylic acids is 1. The average Bonchev–Trinajstić information content (AvgIpc) is 2.64. The van der Waals surface area contributed by atoms with E-state index in [0.717, 1.165) is 31.6 Å². The Morgan fingerprint density at radius 3 is 1.96 bits per heavy atom. The number of benzene rings is 2. The molecule has 0 aliphatic carbocycles. The molecule has 2 N–H and O–H groups in total. The van der Waals surface area contributed by atoms with Gasteiger partial charge in [-0.3, -0.25) is 4.79 Å². The van der Waals surface area contributed by atoms with E-state index in [1.54, 1.807) is 24.3 Å². The highest BCUT2D eigenvalue weighted by Gasteiger charge is 2.17. The lowest BCUT2D eigenvalue weighted by Gasteiger charge is -2.26. The standard InChI is InChI=1S/C19H20FN3OS/c20-15-6-10-17(11-7-15)22-19(25)21-16-8-4-14(5-9-16)18(24)23-12-2-1-3-13-23/h4-11H,1-3,12-13H2,(H2,21,22,25). The summed E-state index contributed by atoms with van der Waals surface area (Å²) in [6, 6.07) is 13.2. The summed E-state index contributed by atoms with van der Waals surface area (Å²) in [7, 11) is 0. The molecular formula is C19H20FN3OS. The molecule has 4 nitrogen and oxygen atoms in total. The summed E-state index contributed by atoms with van der Waals surface area (Å²) >= 11 is 5.25. The van der Waals surface area contributed by atoms with Gasteiger partial charge in [0.1, 0.15) is 5.82 Å². The van der Waals surface area contributed by atoms with Gasteiger partial charge in [-0.2, -0.15) is 0 Å². The van der Waals surface area contributed by atoms with Gasteiger partial charge in [0.2, 0.25) is 0 Å². The van der Waals surface area contributed by atoms with Gasteiger partial charge in [0.15, 0.2) is 5.11 Å². The van der Waals surface area contributed by atoms with Gasteiger partial charge in [0, 0.05) is 30.0 Å². The SMILES string of the molecule is O=C(c1ccc(NC(=S)Nc2ccc(F)cc2)cc1)N1CCCCC1. The highest BCUT2D eigenvalue weighted by molar-refractivity contribution is 7.80. The maximum Gasteiger partial charge on any atom is 0.253 e. The molecule has 1 heterocycles. The van der Waals surface area contributed by atoms with E-state index >= 15 is 0 Å². The van der Waals surface area contributed by atoms with Gasteiger partial charge in [0.05, 0.1) is 0 Å². The second kappa shape index (κ2) is 8.07. The summed E-state index contributed by atoms with van der Waals surface area (Å²) in [5, 5.41) is 6.44. The molecule has 0 bridgehead atoms. The molecule has 6 heteroatoms. The fourth-order valence-electron chi connectivity index (χ4n) is 2.80. The fourth-order valence-corrected chi connectivity index (χ4v) is 3.04. The molecule has 0 radical (unpaired) electrons. The summed E-state index contributed by atoms with van der Waals surface area (Å²) in [5.74, 6) is -0.211. The minimum absolute atomic E-state index is 0.0817. The van der Waals surface area contributed by atoms with Crippen LogP contribution in [0.15, 0.2) is 48.5 Å². The van der Waals surface area contributed by atoms with Crippen molar-refractivity contribution in [3.05, 3.63) is 59.9 Å². The summed E-state index contributed by atoms with van der Waals surface area (Å²) in [6.45, 7) is 1.68. The van der Waals surface area contributed by atoms with E-state index in [1.165, 1.54) is 18.6 Å². The molecule has 1 amide bonds. The zero-order chi connectivity index (χ0) is 17.6. The third-order valence-corrected chi connectivity index (χ3v) is 4.34. The van der Waals surface area contributed by atoms with Crippen molar-refractivity contribution < 1.29 is 9.18 Å². The molecule has 0 aromatic heterocycles. The molecule has 0 unspecified atom stereocenters. The van der Waals surface area contributed by atoms with Gasteiger partial charge >= 0.3 is 0 Å². The Hall–Kier alpha value is -2.47. The Morgan fingerprint density at radius 1 is 0.880 bits per heavy atom. The van der Waals surface area contributed by atoms with Gasteiger partial charge in [-0.05, 0) is 80.0 Å². The quantitative estimate of drug-likeness (QED) is 0.806. The van der Waals surface area contributed by atoms with E-state index < -0.39 is 0 Å². The van der Waals surface area contributed by atoms with Crippen LogP contribution in [-0.2, 0) is 0 Å². The number of thiocarbonyl (C=S) groups is 1. The Bertz CT molecular complexity index is 740. The van der Waals surface area contributed by atoms with E-state index in [-0.39, 0.29) is 11.7 Å². The van der Waals surface area contributed by atoms with Gasteiger partial charge in [-0.1, -0.05) is 0 Å². The van der Waals surface area contributed by atoms with E-state index in [9.17, 15) is 9.18 Å². The summed E-state index contributed by atoms with van der Waals surface area (Å²) in [5.41, 5.74) is 2.18. The van der Waals surface area contributed by atoms with Crippen LogP contribution in [0.4, 0.5) is 15.8 Å². The van der Waals surface area contributed by atoms with Crippen molar-refractivity contribution in [1.82, 2.24) is 4.90 Å². The molecule has 2 aromatic rings. The Kier molecular flexibility index (Phi) is 5.60. The second-order valence-corrected chi connectivity index (χ2v) is 6.42. The van der Waals surface area contributed by atoms with Crippen LogP contribution in [-0.4, -0.2) is 29.0 Å². The molecule has 0 saturated carbocycles. The van der Waals surface area contributed by atoms with Crippen molar-refractivity contribution >= 4 is 34.6 Å². The van der Waals surface area contributed by atoms with E-state index in [1.807, 2.05) is 17.0 Å². The molecule has 3 rings (SSSR count). The molecular weight excluding hydrogens is 337 g/mol. The van der Waals surface area contributed by atoms with Crippen LogP contribution in [0.25, 0.3) is 0 Å². The highest BCUT2D eigenvalue weighted by atomic mass is 32.1. The molecule has 1 saturated heterocycles. The Balaban J connectivity index is 1.57. The maximum absolute atomic E-state index is 12.9. The zero-order valence-electron chi connectivity index (χ0n) is 13.8. The highest BCUT2D eigenvalue weighted by Crippen LogP contribution is 2.16. The summed E-state index contributed by atoms with van der Waals surface area (Å²) < 4.78 is 12.9. The smallest absolute Gasteiger partial charge is 0.253 e. The number of anilines is 2. The molecule has 1 aliphatic rings. The zero-order valence-corrected chi connectivity index (χ0v) is 14.6. The summed E-state index contributed by atoms with van der Waals surface area (Å²) in [6.07, 6.45) is 3.36. The van der Waals surface area contributed by atoms with Crippen LogP contribution in [0.3, 0.4) is 0 Å². The lowest BCUT2D eigenvalue weighted by molar-refractivity contribution is 0.0724. The molecule has 2 aromatic carbocycles. The van der Waals surface area contributed by atoms with Gasteiger partial charge in [0.25, 0.3) is 5.91 Å². The predicted molar refractivity (Wildman–Crippen MR) is 102 cm³/mol. The molecule has 130 valence electrons. The maximum atomic E-state index is 12.9.